The highest BCUT2D eigenvalue weighted by atomic mass is 16.4. The second-order valence-electron chi connectivity index (χ2n) is 3.57. The molecule has 2 heterocycles. The molecule has 17 heavy (non-hydrogen) atoms. The molecule has 0 unspecified atom stereocenters. The molecule has 0 saturated carbocycles. The summed E-state index contributed by atoms with van der Waals surface area (Å²) in [6, 6.07) is 4.28. The Bertz CT molecular complexity index is 612. The summed E-state index contributed by atoms with van der Waals surface area (Å²) in [5.41, 5.74) is 0.433. The predicted molar refractivity (Wildman–Crippen MR) is 58.0 cm³/mol. The Morgan fingerprint density at radius 3 is 2.88 bits per heavy atom. The summed E-state index contributed by atoms with van der Waals surface area (Å²) >= 11 is 0. The Morgan fingerprint density at radius 1 is 1.53 bits per heavy atom. The number of hydrogen-bond acceptors (Lipinski definition) is 4. The number of aryl methyl sites for hydroxylation is 1. The summed E-state index contributed by atoms with van der Waals surface area (Å²) in [5.74, 6) is -0.881. The third-order valence-corrected chi connectivity index (χ3v) is 2.21. The standard InChI is InChI=1S/C11H10N2O4/c1-7-4-10(14)13(6-12-7)5-8-2-3-9(17-8)11(15)16/h2-4,6H,5H2,1H3,(H,15,16). The van der Waals surface area contributed by atoms with Crippen molar-refractivity contribution in [3.05, 3.63) is 52.1 Å². The molecule has 0 aliphatic rings. The van der Waals surface area contributed by atoms with E-state index in [2.05, 4.69) is 4.98 Å². The highest BCUT2D eigenvalue weighted by Crippen LogP contribution is 2.08. The van der Waals surface area contributed by atoms with Crippen LogP contribution < -0.4 is 5.56 Å². The fourth-order valence-corrected chi connectivity index (χ4v) is 1.38. The smallest absolute Gasteiger partial charge is 0.371 e. The Hall–Kier alpha value is -2.37. The average molecular weight is 234 g/mol. The van der Waals surface area contributed by atoms with Gasteiger partial charge in [0.05, 0.1) is 12.9 Å². The number of carbonyl (C=O) groups is 1. The van der Waals surface area contributed by atoms with Gasteiger partial charge in [-0.2, -0.15) is 0 Å². The first-order valence-electron chi connectivity index (χ1n) is 4.91. The van der Waals surface area contributed by atoms with Gasteiger partial charge in [0, 0.05) is 11.8 Å². The molecule has 2 aromatic rings. The van der Waals surface area contributed by atoms with Crippen molar-refractivity contribution in [3.8, 4) is 0 Å². The Balaban J connectivity index is 2.25. The van der Waals surface area contributed by atoms with Crippen molar-refractivity contribution in [2.75, 3.05) is 0 Å². The zero-order chi connectivity index (χ0) is 12.4. The Kier molecular flexibility index (Phi) is 2.78. The average Bonchev–Trinajstić information content (AvgIpc) is 2.71. The van der Waals surface area contributed by atoms with Crippen LogP contribution in [-0.2, 0) is 6.54 Å². The van der Waals surface area contributed by atoms with E-state index in [-0.39, 0.29) is 17.9 Å². The zero-order valence-electron chi connectivity index (χ0n) is 9.08. The highest BCUT2D eigenvalue weighted by molar-refractivity contribution is 5.84. The van der Waals surface area contributed by atoms with Crippen LogP contribution in [0.15, 0.2) is 33.7 Å². The molecule has 1 N–H and O–H groups in total. The van der Waals surface area contributed by atoms with Crippen molar-refractivity contribution in [3.63, 3.8) is 0 Å². The summed E-state index contributed by atoms with van der Waals surface area (Å²) in [6.45, 7) is 1.89. The molecule has 2 aromatic heterocycles. The molecule has 0 aliphatic carbocycles. The lowest BCUT2D eigenvalue weighted by atomic mass is 10.4. The van der Waals surface area contributed by atoms with E-state index in [4.69, 9.17) is 9.52 Å². The van der Waals surface area contributed by atoms with Gasteiger partial charge >= 0.3 is 5.97 Å². The van der Waals surface area contributed by atoms with Crippen molar-refractivity contribution < 1.29 is 14.3 Å². The second kappa shape index (κ2) is 4.25. The first kappa shape index (κ1) is 11.1. The molecule has 0 spiro atoms. The van der Waals surface area contributed by atoms with Crippen molar-refractivity contribution in [2.24, 2.45) is 0 Å². The minimum absolute atomic E-state index is 0.145. The van der Waals surface area contributed by atoms with E-state index < -0.39 is 5.97 Å². The SMILES string of the molecule is Cc1cc(=O)n(Cc2ccc(C(=O)O)o2)cn1. The fourth-order valence-electron chi connectivity index (χ4n) is 1.38. The van der Waals surface area contributed by atoms with Crippen LogP contribution in [0.25, 0.3) is 0 Å². The van der Waals surface area contributed by atoms with Gasteiger partial charge < -0.3 is 9.52 Å². The Morgan fingerprint density at radius 2 is 2.29 bits per heavy atom. The molecular formula is C11H10N2O4. The zero-order valence-corrected chi connectivity index (χ0v) is 9.08. The molecule has 0 fully saturated rings. The van der Waals surface area contributed by atoms with E-state index in [0.29, 0.717) is 11.5 Å². The van der Waals surface area contributed by atoms with Gasteiger partial charge in [0.1, 0.15) is 5.76 Å². The quantitative estimate of drug-likeness (QED) is 0.852. The summed E-state index contributed by atoms with van der Waals surface area (Å²) in [4.78, 5) is 26.1. The van der Waals surface area contributed by atoms with Crippen LogP contribution in [0.2, 0.25) is 0 Å². The van der Waals surface area contributed by atoms with E-state index in [9.17, 15) is 9.59 Å². The van der Waals surface area contributed by atoms with Gasteiger partial charge in [0.25, 0.3) is 5.56 Å². The lowest BCUT2D eigenvalue weighted by molar-refractivity contribution is 0.0660. The van der Waals surface area contributed by atoms with E-state index >= 15 is 0 Å². The number of rotatable bonds is 3. The third kappa shape index (κ3) is 2.41. The van der Waals surface area contributed by atoms with Crippen LogP contribution in [0.1, 0.15) is 22.0 Å². The number of nitrogens with zero attached hydrogens (tertiary/aromatic N) is 2. The van der Waals surface area contributed by atoms with Crippen LogP contribution in [0.5, 0.6) is 0 Å². The van der Waals surface area contributed by atoms with E-state index in [1.165, 1.54) is 29.1 Å². The fraction of sp³-hybridized carbons (Fsp3) is 0.182. The molecule has 2 rings (SSSR count). The van der Waals surface area contributed by atoms with E-state index in [1.807, 2.05) is 0 Å². The number of aromatic carboxylic acids is 1. The van der Waals surface area contributed by atoms with Crippen molar-refractivity contribution >= 4 is 5.97 Å². The van der Waals surface area contributed by atoms with Crippen LogP contribution in [0.3, 0.4) is 0 Å². The van der Waals surface area contributed by atoms with Gasteiger partial charge in [-0.05, 0) is 19.1 Å². The van der Waals surface area contributed by atoms with Gasteiger partial charge in [0.15, 0.2) is 0 Å². The van der Waals surface area contributed by atoms with Crippen LogP contribution in [0, 0.1) is 6.92 Å². The molecule has 0 amide bonds. The molecule has 0 aromatic carbocycles. The normalized spacial score (nSPS) is 10.4. The van der Waals surface area contributed by atoms with E-state index in [1.54, 1.807) is 6.92 Å². The van der Waals surface area contributed by atoms with Crippen molar-refractivity contribution in [1.29, 1.82) is 0 Å². The highest BCUT2D eigenvalue weighted by Gasteiger charge is 2.09. The topological polar surface area (TPSA) is 85.3 Å². The lowest BCUT2D eigenvalue weighted by Crippen LogP contribution is -2.20. The summed E-state index contributed by atoms with van der Waals surface area (Å²) in [6.07, 6.45) is 1.40. The molecule has 6 nitrogen and oxygen atoms in total. The second-order valence-corrected chi connectivity index (χ2v) is 3.57. The van der Waals surface area contributed by atoms with Gasteiger partial charge in [-0.15, -0.1) is 0 Å². The maximum absolute atomic E-state index is 11.6. The minimum Gasteiger partial charge on any atom is -0.475 e. The number of carboxylic acids is 1. The molecular weight excluding hydrogens is 224 g/mol. The Labute approximate surface area is 96.1 Å². The van der Waals surface area contributed by atoms with Gasteiger partial charge in [0.2, 0.25) is 5.76 Å². The largest absolute Gasteiger partial charge is 0.475 e. The molecule has 0 saturated heterocycles. The minimum atomic E-state index is -1.13. The molecule has 0 aliphatic heterocycles. The molecule has 88 valence electrons. The van der Waals surface area contributed by atoms with Crippen molar-refractivity contribution in [1.82, 2.24) is 9.55 Å². The maximum atomic E-state index is 11.6. The number of carboxylic acid groups (broad SMARTS) is 1. The first-order valence-corrected chi connectivity index (χ1v) is 4.91. The first-order chi connectivity index (χ1) is 8.06. The third-order valence-electron chi connectivity index (χ3n) is 2.21. The maximum Gasteiger partial charge on any atom is 0.371 e. The number of hydrogen-bond donors (Lipinski definition) is 1. The molecule has 0 radical (unpaired) electrons. The molecule has 0 atom stereocenters. The number of aromatic nitrogens is 2. The monoisotopic (exact) mass is 234 g/mol. The van der Waals surface area contributed by atoms with Crippen LogP contribution >= 0.6 is 0 Å². The lowest BCUT2D eigenvalue weighted by Gasteiger charge is -2.02. The van der Waals surface area contributed by atoms with Gasteiger partial charge in [-0.3, -0.25) is 9.36 Å². The van der Waals surface area contributed by atoms with Crippen molar-refractivity contribution in [2.45, 2.75) is 13.5 Å². The van der Waals surface area contributed by atoms with Crippen LogP contribution in [0.4, 0.5) is 0 Å². The molecule has 6 heteroatoms. The molecule has 0 bridgehead atoms. The van der Waals surface area contributed by atoms with Crippen LogP contribution in [-0.4, -0.2) is 20.6 Å². The summed E-state index contributed by atoms with van der Waals surface area (Å²) < 4.78 is 6.39. The predicted octanol–water partition coefficient (Wildman–Crippen LogP) is 0.891. The summed E-state index contributed by atoms with van der Waals surface area (Å²) in [7, 11) is 0. The number of furan rings is 1. The van der Waals surface area contributed by atoms with Gasteiger partial charge in [-0.1, -0.05) is 0 Å². The summed E-state index contributed by atoms with van der Waals surface area (Å²) in [5, 5.41) is 8.68. The van der Waals surface area contributed by atoms with E-state index in [0.717, 1.165) is 0 Å². The van der Waals surface area contributed by atoms with Gasteiger partial charge in [-0.25, -0.2) is 9.78 Å².